The molecule has 0 saturated carbocycles. The van der Waals surface area contributed by atoms with Crippen LogP contribution in [0.4, 0.5) is 0 Å². The predicted octanol–water partition coefficient (Wildman–Crippen LogP) is 5.94. The molecule has 0 heterocycles. The number of hydrogen-bond donors (Lipinski definition) is 0. The van der Waals surface area contributed by atoms with Gasteiger partial charge in [-0.2, -0.15) is 0 Å². The van der Waals surface area contributed by atoms with Crippen molar-refractivity contribution in [3.8, 4) is 5.75 Å². The van der Waals surface area contributed by atoms with Gasteiger partial charge in [0.25, 0.3) is 0 Å². The van der Waals surface area contributed by atoms with Crippen LogP contribution in [0, 0.1) is 0 Å². The quantitative estimate of drug-likeness (QED) is 0.621. The zero-order valence-electron chi connectivity index (χ0n) is 10.6. The summed E-state index contributed by atoms with van der Waals surface area (Å²) in [4.78, 5) is -0.638. The van der Waals surface area contributed by atoms with Gasteiger partial charge in [-0.3, -0.25) is 0 Å². The van der Waals surface area contributed by atoms with E-state index in [0.717, 1.165) is 11.1 Å². The summed E-state index contributed by atoms with van der Waals surface area (Å²) in [5, 5.41) is 1.25. The molecule has 1 nitrogen and oxygen atoms in total. The van der Waals surface area contributed by atoms with E-state index >= 15 is 0 Å². The van der Waals surface area contributed by atoms with Crippen LogP contribution >= 0.6 is 46.4 Å². The van der Waals surface area contributed by atoms with Crippen LogP contribution in [-0.4, -0.2) is 11.9 Å². The van der Waals surface area contributed by atoms with Crippen molar-refractivity contribution in [2.75, 3.05) is 7.11 Å². The molecule has 1 unspecified atom stereocenters. The Labute approximate surface area is 138 Å². The Morgan fingerprint density at radius 2 is 1.60 bits per heavy atom. The number of ether oxygens (including phenoxy) is 1. The molecule has 106 valence electrons. The molecule has 2 rings (SSSR count). The van der Waals surface area contributed by atoms with Crippen LogP contribution in [0.15, 0.2) is 42.5 Å². The van der Waals surface area contributed by atoms with Crippen molar-refractivity contribution in [1.29, 1.82) is 0 Å². The fourth-order valence-electron chi connectivity index (χ4n) is 2.02. The van der Waals surface area contributed by atoms with Crippen LogP contribution in [0.5, 0.6) is 5.75 Å². The monoisotopic (exact) mass is 348 g/mol. The molecule has 1 atom stereocenters. The van der Waals surface area contributed by atoms with E-state index in [4.69, 9.17) is 51.1 Å². The van der Waals surface area contributed by atoms with E-state index in [9.17, 15) is 0 Å². The summed E-state index contributed by atoms with van der Waals surface area (Å²) in [7, 11) is 1.60. The van der Waals surface area contributed by atoms with Gasteiger partial charge in [0.1, 0.15) is 10.6 Å². The smallest absolute Gasteiger partial charge is 0.119 e. The first-order valence-corrected chi connectivity index (χ1v) is 7.53. The molecule has 0 bridgehead atoms. The first-order chi connectivity index (χ1) is 9.52. The summed E-state index contributed by atoms with van der Waals surface area (Å²) in [6.45, 7) is 0. The van der Waals surface area contributed by atoms with E-state index in [1.54, 1.807) is 31.4 Å². The third-order valence-corrected chi connectivity index (χ3v) is 4.12. The molecule has 5 heteroatoms. The van der Waals surface area contributed by atoms with Gasteiger partial charge in [0.05, 0.1) is 7.11 Å². The second-order valence-corrected chi connectivity index (χ2v) is 6.26. The molecule has 0 N–H and O–H groups in total. The fourth-order valence-corrected chi connectivity index (χ4v) is 2.94. The second-order valence-electron chi connectivity index (χ2n) is 4.25. The third kappa shape index (κ3) is 3.53. The second kappa shape index (κ2) is 6.91. The van der Waals surface area contributed by atoms with Crippen LogP contribution in [0.2, 0.25) is 10.0 Å². The summed E-state index contributed by atoms with van der Waals surface area (Å²) in [5.74, 6) is 0.454. The van der Waals surface area contributed by atoms with E-state index in [-0.39, 0.29) is 5.92 Å². The van der Waals surface area contributed by atoms with Gasteiger partial charge in [-0.15, -0.1) is 23.2 Å². The Morgan fingerprint density at radius 1 is 0.950 bits per heavy atom. The Bertz CT molecular complexity index is 581. The highest BCUT2D eigenvalue weighted by atomic mass is 35.5. The molecule has 2 aromatic rings. The van der Waals surface area contributed by atoms with Crippen LogP contribution in [0.1, 0.15) is 17.0 Å². The summed E-state index contributed by atoms with van der Waals surface area (Å²) >= 11 is 24.5. The topological polar surface area (TPSA) is 9.23 Å². The predicted molar refractivity (Wildman–Crippen MR) is 86.8 cm³/mol. The Morgan fingerprint density at radius 3 is 2.15 bits per heavy atom. The van der Waals surface area contributed by atoms with Gasteiger partial charge >= 0.3 is 0 Å². The largest absolute Gasteiger partial charge is 0.497 e. The van der Waals surface area contributed by atoms with Gasteiger partial charge < -0.3 is 4.74 Å². The maximum absolute atomic E-state index is 6.27. The van der Waals surface area contributed by atoms with Crippen LogP contribution in [0.3, 0.4) is 0 Å². The van der Waals surface area contributed by atoms with E-state index in [2.05, 4.69) is 0 Å². The number of alkyl halides is 2. The van der Waals surface area contributed by atoms with Crippen LogP contribution in [-0.2, 0) is 0 Å². The SMILES string of the molecule is COc1ccc(Cl)c(C(c2ccc(Cl)cc2)C(Cl)Cl)c1. The van der Waals surface area contributed by atoms with Gasteiger partial charge in [0.2, 0.25) is 0 Å². The van der Waals surface area contributed by atoms with Crippen LogP contribution < -0.4 is 4.74 Å². The van der Waals surface area contributed by atoms with Crippen molar-refractivity contribution < 1.29 is 4.74 Å². The number of halogens is 4. The van der Waals surface area contributed by atoms with E-state index in [1.807, 2.05) is 18.2 Å². The lowest BCUT2D eigenvalue weighted by Gasteiger charge is -2.21. The summed E-state index contributed by atoms with van der Waals surface area (Å²) in [5.41, 5.74) is 1.77. The van der Waals surface area contributed by atoms with Crippen molar-refractivity contribution in [3.05, 3.63) is 63.6 Å². The molecule has 2 aromatic carbocycles. The van der Waals surface area contributed by atoms with Gasteiger partial charge in [-0.05, 0) is 41.5 Å². The number of rotatable bonds is 4. The minimum absolute atomic E-state index is 0.252. The number of benzene rings is 2. The maximum Gasteiger partial charge on any atom is 0.119 e. The third-order valence-electron chi connectivity index (χ3n) is 3.02. The molecule has 0 radical (unpaired) electrons. The lowest BCUT2D eigenvalue weighted by Crippen LogP contribution is -2.10. The minimum atomic E-state index is -0.638. The van der Waals surface area contributed by atoms with Gasteiger partial charge in [0, 0.05) is 16.0 Å². The summed E-state index contributed by atoms with van der Waals surface area (Å²) in [6.07, 6.45) is 0. The molecule has 0 spiro atoms. The van der Waals surface area contributed by atoms with Gasteiger partial charge in [0.15, 0.2) is 0 Å². The first-order valence-electron chi connectivity index (χ1n) is 5.90. The highest BCUT2D eigenvalue weighted by Gasteiger charge is 2.24. The molecule has 0 saturated heterocycles. The van der Waals surface area contributed by atoms with Crippen molar-refractivity contribution in [1.82, 2.24) is 0 Å². The summed E-state index contributed by atoms with van der Waals surface area (Å²) < 4.78 is 5.23. The molecular formula is C15H12Cl4O. The Hall–Kier alpha value is -0.600. The molecule has 20 heavy (non-hydrogen) atoms. The van der Waals surface area contributed by atoms with Crippen molar-refractivity contribution in [2.24, 2.45) is 0 Å². The Kier molecular flexibility index (Phi) is 5.45. The van der Waals surface area contributed by atoms with Crippen molar-refractivity contribution >= 4 is 46.4 Å². The molecule has 0 aliphatic carbocycles. The normalized spacial score (nSPS) is 12.5. The zero-order chi connectivity index (χ0) is 14.7. The molecule has 0 aliphatic heterocycles. The zero-order valence-corrected chi connectivity index (χ0v) is 13.6. The standard InChI is InChI=1S/C15H12Cl4O/c1-20-11-6-7-13(17)12(8-11)14(15(18)19)9-2-4-10(16)5-3-9/h2-8,14-15H,1H3. The fraction of sp³-hybridized carbons (Fsp3) is 0.200. The van der Waals surface area contributed by atoms with Gasteiger partial charge in [-0.25, -0.2) is 0 Å². The van der Waals surface area contributed by atoms with Crippen LogP contribution in [0.25, 0.3) is 0 Å². The Balaban J connectivity index is 2.51. The minimum Gasteiger partial charge on any atom is -0.497 e. The molecule has 0 amide bonds. The molecule has 0 fully saturated rings. The highest BCUT2D eigenvalue weighted by molar-refractivity contribution is 6.45. The van der Waals surface area contributed by atoms with E-state index in [1.165, 1.54) is 0 Å². The number of hydrogen-bond acceptors (Lipinski definition) is 1. The van der Waals surface area contributed by atoms with Crippen molar-refractivity contribution in [3.63, 3.8) is 0 Å². The van der Waals surface area contributed by atoms with Gasteiger partial charge in [-0.1, -0.05) is 35.3 Å². The maximum atomic E-state index is 6.27. The lowest BCUT2D eigenvalue weighted by molar-refractivity contribution is 0.414. The first kappa shape index (κ1) is 15.8. The average molecular weight is 350 g/mol. The summed E-state index contributed by atoms with van der Waals surface area (Å²) in [6, 6.07) is 12.8. The van der Waals surface area contributed by atoms with Crippen molar-refractivity contribution in [2.45, 2.75) is 10.8 Å². The number of methoxy groups -OCH3 is 1. The highest BCUT2D eigenvalue weighted by Crippen LogP contribution is 2.39. The molecular weight excluding hydrogens is 338 g/mol. The average Bonchev–Trinajstić information content (AvgIpc) is 2.43. The van der Waals surface area contributed by atoms with E-state index in [0.29, 0.717) is 15.8 Å². The molecule has 0 aromatic heterocycles. The lowest BCUT2D eigenvalue weighted by atomic mass is 9.92. The van der Waals surface area contributed by atoms with E-state index < -0.39 is 4.84 Å². The molecule has 0 aliphatic rings.